The van der Waals surface area contributed by atoms with E-state index in [1.54, 1.807) is 0 Å². The number of benzene rings is 1. The summed E-state index contributed by atoms with van der Waals surface area (Å²) in [6, 6.07) is 8.01. The second kappa shape index (κ2) is 5.78. The van der Waals surface area contributed by atoms with E-state index in [0.29, 0.717) is 5.92 Å². The Hall–Kier alpha value is -0.970. The van der Waals surface area contributed by atoms with Gasteiger partial charge < -0.3 is 5.32 Å². The molecule has 1 unspecified atom stereocenters. The van der Waals surface area contributed by atoms with E-state index in [-0.39, 0.29) is 6.04 Å². The van der Waals surface area contributed by atoms with Gasteiger partial charge in [0.2, 0.25) is 0 Å². The Kier molecular flexibility index (Phi) is 4.32. The summed E-state index contributed by atoms with van der Waals surface area (Å²) in [5.41, 5.74) is 2.24. The molecule has 0 radical (unpaired) electrons. The molecule has 0 aliphatic carbocycles. The number of nitrogens with one attached hydrogen (secondary N) is 1. The zero-order valence-electron chi connectivity index (χ0n) is 10.6. The van der Waals surface area contributed by atoms with E-state index in [1.165, 1.54) is 22.0 Å². The molecule has 96 valence electrons. The van der Waals surface area contributed by atoms with Crippen LogP contribution in [0.1, 0.15) is 41.9 Å². The van der Waals surface area contributed by atoms with Gasteiger partial charge in [0.15, 0.2) is 0 Å². The number of aromatic nitrogens is 2. The van der Waals surface area contributed by atoms with Crippen LogP contribution in [-0.4, -0.2) is 16.6 Å². The third-order valence-corrected chi connectivity index (χ3v) is 3.90. The molecule has 0 aliphatic heterocycles. The standard InChI is InChI=1S/C13H16ClN3S/c1-8(2)11-13(18-17-16-11)12(15-3)9-4-6-10(14)7-5-9/h4-8,12,15H,1-3H3. The molecule has 0 saturated carbocycles. The second-order valence-corrected chi connectivity index (χ2v) is 5.67. The smallest absolute Gasteiger partial charge is 0.0832 e. The SMILES string of the molecule is CNC(c1ccc(Cl)cc1)c1snnc1C(C)C. The van der Waals surface area contributed by atoms with Gasteiger partial charge in [-0.25, -0.2) is 0 Å². The number of rotatable bonds is 4. The van der Waals surface area contributed by atoms with Gasteiger partial charge in [-0.05, 0) is 42.2 Å². The molecule has 0 fully saturated rings. The summed E-state index contributed by atoms with van der Waals surface area (Å²) in [5, 5.41) is 8.30. The predicted octanol–water partition coefficient (Wildman–Crippen LogP) is 3.62. The van der Waals surface area contributed by atoms with E-state index in [4.69, 9.17) is 11.6 Å². The Morgan fingerprint density at radius 3 is 2.44 bits per heavy atom. The van der Waals surface area contributed by atoms with E-state index in [0.717, 1.165) is 10.7 Å². The number of nitrogens with zero attached hydrogens (tertiary/aromatic N) is 2. The van der Waals surface area contributed by atoms with Crippen molar-refractivity contribution in [2.24, 2.45) is 0 Å². The molecule has 0 saturated heterocycles. The molecule has 2 aromatic rings. The van der Waals surface area contributed by atoms with Crippen LogP contribution in [0.2, 0.25) is 5.02 Å². The van der Waals surface area contributed by atoms with Crippen molar-refractivity contribution in [2.75, 3.05) is 7.05 Å². The minimum Gasteiger partial charge on any atom is -0.309 e. The van der Waals surface area contributed by atoms with Crippen LogP contribution >= 0.6 is 23.1 Å². The fourth-order valence-electron chi connectivity index (χ4n) is 1.91. The molecule has 1 aromatic heterocycles. The van der Waals surface area contributed by atoms with Crippen LogP contribution in [0.5, 0.6) is 0 Å². The zero-order chi connectivity index (χ0) is 13.1. The van der Waals surface area contributed by atoms with Gasteiger partial charge in [-0.2, -0.15) is 0 Å². The Labute approximate surface area is 116 Å². The summed E-state index contributed by atoms with van der Waals surface area (Å²) >= 11 is 7.38. The first-order valence-electron chi connectivity index (χ1n) is 5.88. The number of hydrogen-bond donors (Lipinski definition) is 1. The maximum absolute atomic E-state index is 5.92. The summed E-state index contributed by atoms with van der Waals surface area (Å²) in [6.45, 7) is 4.27. The van der Waals surface area contributed by atoms with E-state index in [9.17, 15) is 0 Å². The van der Waals surface area contributed by atoms with Crippen LogP contribution in [0.4, 0.5) is 0 Å². The lowest BCUT2D eigenvalue weighted by atomic mass is 10.0. The van der Waals surface area contributed by atoms with Crippen LogP contribution in [0.25, 0.3) is 0 Å². The first-order valence-corrected chi connectivity index (χ1v) is 7.03. The molecule has 0 spiro atoms. The molecule has 5 heteroatoms. The first-order chi connectivity index (χ1) is 8.63. The zero-order valence-corrected chi connectivity index (χ0v) is 12.2. The van der Waals surface area contributed by atoms with Gasteiger partial charge in [0.25, 0.3) is 0 Å². The van der Waals surface area contributed by atoms with Crippen LogP contribution in [0, 0.1) is 0 Å². The molecule has 18 heavy (non-hydrogen) atoms. The molecule has 1 N–H and O–H groups in total. The Bertz CT molecular complexity index is 507. The van der Waals surface area contributed by atoms with Gasteiger partial charge in [0, 0.05) is 5.02 Å². The highest BCUT2D eigenvalue weighted by Crippen LogP contribution is 2.30. The minimum atomic E-state index is 0.125. The predicted molar refractivity (Wildman–Crippen MR) is 76.4 cm³/mol. The molecule has 1 atom stereocenters. The summed E-state index contributed by atoms with van der Waals surface area (Å²) < 4.78 is 4.08. The van der Waals surface area contributed by atoms with Gasteiger partial charge in [0.1, 0.15) is 0 Å². The summed E-state index contributed by atoms with van der Waals surface area (Å²) in [6.07, 6.45) is 0. The first kappa shape index (κ1) is 13.5. The van der Waals surface area contributed by atoms with E-state index >= 15 is 0 Å². The minimum absolute atomic E-state index is 0.125. The van der Waals surface area contributed by atoms with Crippen LogP contribution in [0.15, 0.2) is 24.3 Å². The molecule has 1 heterocycles. The van der Waals surface area contributed by atoms with Crippen molar-refractivity contribution >= 4 is 23.1 Å². The lowest BCUT2D eigenvalue weighted by molar-refractivity contribution is 0.679. The molecular formula is C13H16ClN3S. The van der Waals surface area contributed by atoms with Crippen molar-refractivity contribution in [1.29, 1.82) is 0 Å². The van der Waals surface area contributed by atoms with Crippen LogP contribution in [-0.2, 0) is 0 Å². The average molecular weight is 282 g/mol. The molecule has 0 amide bonds. The molecule has 3 nitrogen and oxygen atoms in total. The second-order valence-electron chi connectivity index (χ2n) is 4.45. The molecule has 2 rings (SSSR count). The average Bonchev–Trinajstić information content (AvgIpc) is 2.82. The fraction of sp³-hybridized carbons (Fsp3) is 0.385. The monoisotopic (exact) mass is 281 g/mol. The maximum atomic E-state index is 5.92. The quantitative estimate of drug-likeness (QED) is 0.930. The van der Waals surface area contributed by atoms with Crippen molar-refractivity contribution in [3.05, 3.63) is 45.4 Å². The summed E-state index contributed by atoms with van der Waals surface area (Å²) in [4.78, 5) is 1.18. The Morgan fingerprint density at radius 2 is 1.89 bits per heavy atom. The van der Waals surface area contributed by atoms with Crippen LogP contribution < -0.4 is 5.32 Å². The molecular weight excluding hydrogens is 266 g/mol. The highest BCUT2D eigenvalue weighted by atomic mass is 35.5. The van der Waals surface area contributed by atoms with Gasteiger partial charge in [0.05, 0.1) is 16.6 Å². The fourth-order valence-corrected chi connectivity index (χ4v) is 2.98. The van der Waals surface area contributed by atoms with Gasteiger partial charge >= 0.3 is 0 Å². The third-order valence-electron chi connectivity index (χ3n) is 2.84. The Morgan fingerprint density at radius 1 is 1.22 bits per heavy atom. The number of hydrogen-bond acceptors (Lipinski definition) is 4. The topological polar surface area (TPSA) is 37.8 Å². The maximum Gasteiger partial charge on any atom is 0.0832 e. The van der Waals surface area contributed by atoms with Gasteiger partial charge in [-0.3, -0.25) is 0 Å². The molecule has 0 bridgehead atoms. The van der Waals surface area contributed by atoms with Gasteiger partial charge in [-0.15, -0.1) is 5.10 Å². The van der Waals surface area contributed by atoms with E-state index < -0.39 is 0 Å². The van der Waals surface area contributed by atoms with Crippen molar-refractivity contribution in [1.82, 2.24) is 14.9 Å². The van der Waals surface area contributed by atoms with Crippen molar-refractivity contribution in [2.45, 2.75) is 25.8 Å². The largest absolute Gasteiger partial charge is 0.309 e. The van der Waals surface area contributed by atoms with E-state index in [1.807, 2.05) is 31.3 Å². The van der Waals surface area contributed by atoms with Crippen molar-refractivity contribution < 1.29 is 0 Å². The molecule has 0 aliphatic rings. The highest BCUT2D eigenvalue weighted by molar-refractivity contribution is 7.05. The number of halogens is 1. The summed E-state index contributed by atoms with van der Waals surface area (Å²) in [7, 11) is 1.95. The normalized spacial score (nSPS) is 12.9. The Balaban J connectivity index is 2.39. The van der Waals surface area contributed by atoms with Crippen molar-refractivity contribution in [3.63, 3.8) is 0 Å². The highest BCUT2D eigenvalue weighted by Gasteiger charge is 2.21. The van der Waals surface area contributed by atoms with Crippen LogP contribution in [0.3, 0.4) is 0 Å². The lowest BCUT2D eigenvalue weighted by Crippen LogP contribution is -2.18. The molecule has 1 aromatic carbocycles. The third kappa shape index (κ3) is 2.71. The van der Waals surface area contributed by atoms with E-state index in [2.05, 4.69) is 28.8 Å². The van der Waals surface area contributed by atoms with Crippen molar-refractivity contribution in [3.8, 4) is 0 Å². The lowest BCUT2D eigenvalue weighted by Gasteiger charge is -2.17. The summed E-state index contributed by atoms with van der Waals surface area (Å²) in [5.74, 6) is 0.377. The van der Waals surface area contributed by atoms with Gasteiger partial charge in [-0.1, -0.05) is 42.1 Å².